The molecule has 0 aliphatic carbocycles. The number of hydrogen-bond donors (Lipinski definition) is 2. The molecule has 25 heavy (non-hydrogen) atoms. The highest BCUT2D eigenvalue weighted by atomic mass is 35.5. The van der Waals surface area contributed by atoms with E-state index in [1.165, 1.54) is 0 Å². The number of nitrogens with one attached hydrogen (secondary N) is 1. The Morgan fingerprint density at radius 1 is 1.20 bits per heavy atom. The van der Waals surface area contributed by atoms with Gasteiger partial charge in [-0.2, -0.15) is 5.10 Å². The first kappa shape index (κ1) is 19.3. The number of aryl methyl sites for hydroxylation is 1. The Labute approximate surface area is 155 Å². The number of amides is 1. The van der Waals surface area contributed by atoms with Gasteiger partial charge in [0.05, 0.1) is 0 Å². The Bertz CT molecular complexity index is 782. The zero-order valence-electron chi connectivity index (χ0n) is 14.1. The van der Waals surface area contributed by atoms with Gasteiger partial charge >= 0.3 is 5.97 Å². The van der Waals surface area contributed by atoms with E-state index in [4.69, 9.17) is 23.2 Å². The summed E-state index contributed by atoms with van der Waals surface area (Å²) in [5.41, 5.74) is 1.69. The summed E-state index contributed by atoms with van der Waals surface area (Å²) in [5, 5.41) is 16.9. The quantitative estimate of drug-likeness (QED) is 0.801. The van der Waals surface area contributed by atoms with Gasteiger partial charge in [-0.3, -0.25) is 9.48 Å². The fourth-order valence-corrected chi connectivity index (χ4v) is 3.10. The summed E-state index contributed by atoms with van der Waals surface area (Å²) >= 11 is 11.9. The lowest BCUT2D eigenvalue weighted by molar-refractivity contribution is -0.139. The summed E-state index contributed by atoms with van der Waals surface area (Å²) in [4.78, 5) is 23.9. The smallest absolute Gasteiger partial charge is 0.326 e. The Morgan fingerprint density at radius 2 is 1.80 bits per heavy atom. The minimum atomic E-state index is -1.15. The summed E-state index contributed by atoms with van der Waals surface area (Å²) in [6, 6.07) is 5.34. The number of benzene rings is 1. The Balaban J connectivity index is 2.17. The van der Waals surface area contributed by atoms with Crippen LogP contribution in [-0.2, 0) is 18.3 Å². The fourth-order valence-electron chi connectivity index (χ4n) is 2.53. The van der Waals surface area contributed by atoms with Gasteiger partial charge in [0.2, 0.25) is 0 Å². The minimum Gasteiger partial charge on any atom is -0.480 e. The molecule has 2 N–H and O–H groups in total. The summed E-state index contributed by atoms with van der Waals surface area (Å²) < 4.78 is 1.62. The van der Waals surface area contributed by atoms with Crippen LogP contribution in [0.2, 0.25) is 10.0 Å². The van der Waals surface area contributed by atoms with E-state index in [-0.39, 0.29) is 18.0 Å². The van der Waals surface area contributed by atoms with E-state index in [1.54, 1.807) is 36.0 Å². The monoisotopic (exact) mass is 383 g/mol. The standard InChI is InChI=1S/C17H19Cl2N3O3/c1-9(2)15-8-13(21-22(15)3)16(23)20-14(17(24)25)6-10-4-11(18)7-12(19)5-10/h4-5,7-9,14H,6H2,1-3H3,(H,20,23)(H,24,25). The number of carbonyl (C=O) groups excluding carboxylic acids is 1. The molecule has 0 aliphatic heterocycles. The number of aliphatic carboxylic acids is 1. The van der Waals surface area contributed by atoms with Gasteiger partial charge in [0.25, 0.3) is 5.91 Å². The van der Waals surface area contributed by atoms with Crippen LogP contribution < -0.4 is 5.32 Å². The maximum atomic E-state index is 12.4. The molecule has 1 unspecified atom stereocenters. The predicted molar refractivity (Wildman–Crippen MR) is 96.4 cm³/mol. The van der Waals surface area contributed by atoms with Crippen LogP contribution in [-0.4, -0.2) is 32.8 Å². The van der Waals surface area contributed by atoms with Gasteiger partial charge < -0.3 is 10.4 Å². The third-order valence-electron chi connectivity index (χ3n) is 3.71. The summed E-state index contributed by atoms with van der Waals surface area (Å²) in [7, 11) is 1.74. The normalized spacial score (nSPS) is 12.2. The van der Waals surface area contributed by atoms with Crippen molar-refractivity contribution in [2.24, 2.45) is 7.05 Å². The maximum Gasteiger partial charge on any atom is 0.326 e. The molecule has 0 saturated heterocycles. The summed E-state index contributed by atoms with van der Waals surface area (Å²) in [6.45, 7) is 3.98. The molecule has 0 fully saturated rings. The van der Waals surface area contributed by atoms with Crippen LogP contribution >= 0.6 is 23.2 Å². The van der Waals surface area contributed by atoms with Crippen LogP contribution in [0.25, 0.3) is 0 Å². The SMILES string of the molecule is CC(C)c1cc(C(=O)NC(Cc2cc(Cl)cc(Cl)c2)C(=O)O)nn1C. The average Bonchev–Trinajstić information content (AvgIpc) is 2.87. The van der Waals surface area contributed by atoms with Gasteiger partial charge in [-0.15, -0.1) is 0 Å². The lowest BCUT2D eigenvalue weighted by Crippen LogP contribution is -2.42. The zero-order valence-corrected chi connectivity index (χ0v) is 15.6. The predicted octanol–water partition coefficient (Wildman–Crippen LogP) is 3.28. The molecule has 1 atom stereocenters. The number of rotatable bonds is 6. The second kappa shape index (κ2) is 7.89. The van der Waals surface area contributed by atoms with E-state index in [9.17, 15) is 14.7 Å². The maximum absolute atomic E-state index is 12.4. The van der Waals surface area contributed by atoms with Crippen molar-refractivity contribution >= 4 is 35.1 Å². The molecule has 0 radical (unpaired) electrons. The molecular weight excluding hydrogens is 365 g/mol. The van der Waals surface area contributed by atoms with Crippen molar-refractivity contribution in [3.8, 4) is 0 Å². The molecule has 0 saturated carbocycles. The molecule has 1 amide bonds. The largest absolute Gasteiger partial charge is 0.480 e. The molecule has 134 valence electrons. The Hall–Kier alpha value is -2.05. The van der Waals surface area contributed by atoms with E-state index in [1.807, 2.05) is 13.8 Å². The number of carbonyl (C=O) groups is 2. The minimum absolute atomic E-state index is 0.0607. The molecule has 0 bridgehead atoms. The van der Waals surface area contributed by atoms with Gasteiger partial charge in [0.15, 0.2) is 0 Å². The van der Waals surface area contributed by atoms with Gasteiger partial charge in [-0.05, 0) is 35.7 Å². The van der Waals surface area contributed by atoms with Gasteiger partial charge in [-0.25, -0.2) is 4.79 Å². The molecule has 1 aromatic heterocycles. The lowest BCUT2D eigenvalue weighted by Gasteiger charge is -2.14. The van der Waals surface area contributed by atoms with Crippen molar-refractivity contribution in [2.45, 2.75) is 32.2 Å². The van der Waals surface area contributed by atoms with Crippen molar-refractivity contribution in [1.82, 2.24) is 15.1 Å². The molecule has 6 nitrogen and oxygen atoms in total. The number of aromatic nitrogens is 2. The van der Waals surface area contributed by atoms with Gasteiger partial charge in [-0.1, -0.05) is 37.0 Å². The molecule has 2 rings (SSSR count). The molecule has 2 aromatic rings. The zero-order chi connectivity index (χ0) is 18.7. The van der Waals surface area contributed by atoms with E-state index in [0.29, 0.717) is 15.6 Å². The van der Waals surface area contributed by atoms with E-state index < -0.39 is 17.9 Å². The van der Waals surface area contributed by atoms with Crippen LogP contribution in [0.5, 0.6) is 0 Å². The van der Waals surface area contributed by atoms with Crippen molar-refractivity contribution in [3.05, 3.63) is 51.3 Å². The summed E-state index contributed by atoms with van der Waals surface area (Å²) in [6.07, 6.45) is 0.0607. The summed E-state index contributed by atoms with van der Waals surface area (Å²) in [5.74, 6) is -1.49. The first-order chi connectivity index (χ1) is 11.7. The van der Waals surface area contributed by atoms with Gasteiger partial charge in [0, 0.05) is 29.2 Å². The molecule has 0 aliphatic rings. The molecule has 1 aromatic carbocycles. The van der Waals surface area contributed by atoms with Crippen LogP contribution in [0, 0.1) is 0 Å². The Morgan fingerprint density at radius 3 is 2.28 bits per heavy atom. The third kappa shape index (κ3) is 4.96. The highest BCUT2D eigenvalue weighted by Gasteiger charge is 2.23. The first-order valence-corrected chi connectivity index (χ1v) is 8.45. The molecular formula is C17H19Cl2N3O3. The van der Waals surface area contributed by atoms with Crippen molar-refractivity contribution < 1.29 is 14.7 Å². The van der Waals surface area contributed by atoms with E-state index >= 15 is 0 Å². The van der Waals surface area contributed by atoms with Crippen LogP contribution in [0.3, 0.4) is 0 Å². The highest BCUT2D eigenvalue weighted by Crippen LogP contribution is 2.20. The lowest BCUT2D eigenvalue weighted by atomic mass is 10.1. The molecule has 8 heteroatoms. The topological polar surface area (TPSA) is 84.2 Å². The average molecular weight is 384 g/mol. The molecule has 1 heterocycles. The van der Waals surface area contributed by atoms with Crippen LogP contribution in [0.4, 0.5) is 0 Å². The van der Waals surface area contributed by atoms with E-state index in [0.717, 1.165) is 5.69 Å². The molecule has 0 spiro atoms. The van der Waals surface area contributed by atoms with Crippen molar-refractivity contribution in [3.63, 3.8) is 0 Å². The van der Waals surface area contributed by atoms with Crippen LogP contribution in [0.15, 0.2) is 24.3 Å². The third-order valence-corrected chi connectivity index (χ3v) is 4.14. The number of carboxylic acids is 1. The van der Waals surface area contributed by atoms with Crippen LogP contribution in [0.1, 0.15) is 41.5 Å². The fraction of sp³-hybridized carbons (Fsp3) is 0.353. The number of carboxylic acid groups (broad SMARTS) is 1. The second-order valence-electron chi connectivity index (χ2n) is 6.08. The van der Waals surface area contributed by atoms with Gasteiger partial charge in [0.1, 0.15) is 11.7 Å². The second-order valence-corrected chi connectivity index (χ2v) is 6.95. The van der Waals surface area contributed by atoms with Crippen molar-refractivity contribution in [2.75, 3.05) is 0 Å². The highest BCUT2D eigenvalue weighted by molar-refractivity contribution is 6.34. The number of hydrogen-bond acceptors (Lipinski definition) is 3. The number of halogens is 2. The number of nitrogens with zero attached hydrogens (tertiary/aromatic N) is 2. The Kier molecular flexibility index (Phi) is 6.08. The first-order valence-electron chi connectivity index (χ1n) is 7.70. The van der Waals surface area contributed by atoms with Crippen molar-refractivity contribution in [1.29, 1.82) is 0 Å². The van der Waals surface area contributed by atoms with E-state index in [2.05, 4.69) is 10.4 Å².